The molecule has 8 heteroatoms. The van der Waals surface area contributed by atoms with Gasteiger partial charge in [0.25, 0.3) is 0 Å². The van der Waals surface area contributed by atoms with Gasteiger partial charge in [0.1, 0.15) is 5.82 Å². The van der Waals surface area contributed by atoms with E-state index in [9.17, 15) is 4.39 Å². The molecule has 2 aromatic heterocycles. The van der Waals surface area contributed by atoms with Crippen LogP contribution < -0.4 is 5.32 Å². The third-order valence-electron chi connectivity index (χ3n) is 3.95. The summed E-state index contributed by atoms with van der Waals surface area (Å²) in [6, 6.07) is 8.44. The number of pyridine rings is 1. The number of benzene rings is 1. The summed E-state index contributed by atoms with van der Waals surface area (Å²) in [5.74, 6) is 0.251. The maximum Gasteiger partial charge on any atom is 0.243 e. The third kappa shape index (κ3) is 2.59. The lowest BCUT2D eigenvalue weighted by Crippen LogP contribution is -2.28. The Hall–Kier alpha value is -2.35. The van der Waals surface area contributed by atoms with E-state index in [1.165, 1.54) is 6.07 Å². The monoisotopic (exact) mass is 374 g/mol. The fourth-order valence-corrected chi connectivity index (χ4v) is 3.25. The third-order valence-corrected chi connectivity index (χ3v) is 4.45. The van der Waals surface area contributed by atoms with Crippen LogP contribution in [-0.2, 0) is 0 Å². The fourth-order valence-electron chi connectivity index (χ4n) is 2.87. The molecule has 1 aliphatic rings. The lowest BCUT2D eigenvalue weighted by molar-refractivity contribution is 0.409. The van der Waals surface area contributed by atoms with E-state index in [1.807, 2.05) is 12.1 Å². The molecular formula is C15H12BrFN6. The molecule has 0 amide bonds. The number of fused-ring (bicyclic) bond motifs is 1. The van der Waals surface area contributed by atoms with Gasteiger partial charge >= 0.3 is 0 Å². The van der Waals surface area contributed by atoms with E-state index in [2.05, 4.69) is 41.8 Å². The number of halogens is 2. The topological polar surface area (TPSA) is 68.5 Å². The van der Waals surface area contributed by atoms with E-state index in [1.54, 1.807) is 29.2 Å². The largest absolute Gasteiger partial charge is 0.346 e. The van der Waals surface area contributed by atoms with Crippen molar-refractivity contribution in [2.24, 2.45) is 0 Å². The quantitative estimate of drug-likeness (QED) is 0.746. The van der Waals surface area contributed by atoms with Gasteiger partial charge in [-0.3, -0.25) is 4.98 Å². The summed E-state index contributed by atoms with van der Waals surface area (Å²) in [6.07, 6.45) is 4.14. The summed E-state index contributed by atoms with van der Waals surface area (Å²) in [4.78, 5) is 4.15. The van der Waals surface area contributed by atoms with Gasteiger partial charge < -0.3 is 5.32 Å². The van der Waals surface area contributed by atoms with Crippen LogP contribution in [-0.4, -0.2) is 25.2 Å². The van der Waals surface area contributed by atoms with Gasteiger partial charge in [-0.2, -0.15) is 0 Å². The molecule has 0 fully saturated rings. The van der Waals surface area contributed by atoms with Crippen molar-refractivity contribution < 1.29 is 4.39 Å². The SMILES string of the molecule is Fc1ccc(Br)cc1[C@H]1C[C@@H](c2cccnc2)Nc2nnnn21. The number of aromatic nitrogens is 5. The molecule has 116 valence electrons. The van der Waals surface area contributed by atoms with E-state index >= 15 is 0 Å². The highest BCUT2D eigenvalue weighted by Crippen LogP contribution is 2.38. The van der Waals surface area contributed by atoms with Crippen LogP contribution >= 0.6 is 15.9 Å². The van der Waals surface area contributed by atoms with Gasteiger partial charge in [-0.1, -0.05) is 27.1 Å². The highest BCUT2D eigenvalue weighted by atomic mass is 79.9. The Kier molecular flexibility index (Phi) is 3.53. The van der Waals surface area contributed by atoms with Crippen molar-refractivity contribution in [3.63, 3.8) is 0 Å². The summed E-state index contributed by atoms with van der Waals surface area (Å²) < 4.78 is 16.8. The van der Waals surface area contributed by atoms with E-state index in [4.69, 9.17) is 0 Å². The first-order valence-electron chi connectivity index (χ1n) is 7.11. The maximum atomic E-state index is 14.3. The Morgan fingerprint density at radius 2 is 2.22 bits per heavy atom. The van der Waals surface area contributed by atoms with Crippen molar-refractivity contribution in [2.75, 3.05) is 5.32 Å². The second-order valence-electron chi connectivity index (χ2n) is 5.35. The van der Waals surface area contributed by atoms with Crippen molar-refractivity contribution in [2.45, 2.75) is 18.5 Å². The highest BCUT2D eigenvalue weighted by molar-refractivity contribution is 9.10. The Labute approximate surface area is 139 Å². The van der Waals surface area contributed by atoms with Gasteiger partial charge in [0, 0.05) is 22.4 Å². The average Bonchev–Trinajstić information content (AvgIpc) is 3.05. The predicted molar refractivity (Wildman–Crippen MR) is 85.3 cm³/mol. The zero-order chi connectivity index (χ0) is 15.8. The molecule has 1 N–H and O–H groups in total. The summed E-state index contributed by atoms with van der Waals surface area (Å²) >= 11 is 3.40. The molecule has 0 saturated heterocycles. The van der Waals surface area contributed by atoms with Crippen LogP contribution in [0.4, 0.5) is 10.3 Å². The number of hydrogen-bond donors (Lipinski definition) is 1. The molecule has 0 radical (unpaired) electrons. The molecule has 4 rings (SSSR count). The molecule has 0 bridgehead atoms. The number of anilines is 1. The van der Waals surface area contributed by atoms with Gasteiger partial charge in [-0.15, -0.1) is 0 Å². The molecule has 1 aromatic carbocycles. The van der Waals surface area contributed by atoms with Crippen molar-refractivity contribution in [1.29, 1.82) is 0 Å². The van der Waals surface area contributed by atoms with Crippen LogP contribution in [0.5, 0.6) is 0 Å². The van der Waals surface area contributed by atoms with Crippen molar-refractivity contribution >= 4 is 21.9 Å². The molecule has 2 atom stereocenters. The number of rotatable bonds is 2. The van der Waals surface area contributed by atoms with Crippen LogP contribution in [0, 0.1) is 5.82 Å². The second kappa shape index (κ2) is 5.69. The Balaban J connectivity index is 1.78. The van der Waals surface area contributed by atoms with Gasteiger partial charge in [0.2, 0.25) is 5.95 Å². The highest BCUT2D eigenvalue weighted by Gasteiger charge is 2.32. The van der Waals surface area contributed by atoms with E-state index < -0.39 is 0 Å². The van der Waals surface area contributed by atoms with Crippen LogP contribution in [0.15, 0.2) is 47.2 Å². The molecule has 3 heterocycles. The maximum absolute atomic E-state index is 14.3. The zero-order valence-corrected chi connectivity index (χ0v) is 13.5. The molecule has 0 saturated carbocycles. The van der Waals surface area contributed by atoms with Crippen LogP contribution in [0.1, 0.15) is 29.6 Å². The first-order chi connectivity index (χ1) is 11.2. The summed E-state index contributed by atoms with van der Waals surface area (Å²) in [6.45, 7) is 0. The molecule has 3 aromatic rings. The molecule has 23 heavy (non-hydrogen) atoms. The molecule has 0 unspecified atom stereocenters. The van der Waals surface area contributed by atoms with Crippen LogP contribution in [0.2, 0.25) is 0 Å². The zero-order valence-electron chi connectivity index (χ0n) is 11.9. The second-order valence-corrected chi connectivity index (χ2v) is 6.26. The standard InChI is InChI=1S/C15H12BrFN6/c16-10-3-4-12(17)11(6-10)14-7-13(9-2-1-5-18-8-9)19-15-20-21-22-23(14)15/h1-6,8,13-14H,7H2,(H,19,20,22)/t13-,14+/m0/s1. The van der Waals surface area contributed by atoms with Gasteiger partial charge in [-0.05, 0) is 46.7 Å². The fraction of sp³-hybridized carbons (Fsp3) is 0.200. The van der Waals surface area contributed by atoms with E-state index in [0.717, 1.165) is 10.0 Å². The smallest absolute Gasteiger partial charge is 0.243 e. The van der Waals surface area contributed by atoms with Crippen LogP contribution in [0.3, 0.4) is 0 Å². The predicted octanol–water partition coefficient (Wildman–Crippen LogP) is 3.12. The number of nitrogens with zero attached hydrogens (tertiary/aromatic N) is 5. The molecule has 1 aliphatic heterocycles. The van der Waals surface area contributed by atoms with Crippen molar-refractivity contribution in [3.8, 4) is 0 Å². The normalized spacial score (nSPS) is 19.9. The Morgan fingerprint density at radius 3 is 3.04 bits per heavy atom. The van der Waals surface area contributed by atoms with Gasteiger partial charge in [-0.25, -0.2) is 9.07 Å². The van der Waals surface area contributed by atoms with Gasteiger partial charge in [0.05, 0.1) is 12.1 Å². The minimum atomic E-state index is -0.288. The number of nitrogens with one attached hydrogen (secondary N) is 1. The molecular weight excluding hydrogens is 363 g/mol. The summed E-state index contributed by atoms with van der Waals surface area (Å²) in [7, 11) is 0. The molecule has 6 nitrogen and oxygen atoms in total. The minimum Gasteiger partial charge on any atom is -0.346 e. The molecule has 0 aliphatic carbocycles. The molecule has 0 spiro atoms. The number of tetrazole rings is 1. The van der Waals surface area contributed by atoms with Gasteiger partial charge in [0.15, 0.2) is 0 Å². The summed E-state index contributed by atoms with van der Waals surface area (Å²) in [5, 5.41) is 15.0. The lowest BCUT2D eigenvalue weighted by Gasteiger charge is -2.31. The summed E-state index contributed by atoms with van der Waals surface area (Å²) in [5.41, 5.74) is 1.57. The van der Waals surface area contributed by atoms with E-state index in [0.29, 0.717) is 17.9 Å². The van der Waals surface area contributed by atoms with E-state index in [-0.39, 0.29) is 17.9 Å². The number of hydrogen-bond acceptors (Lipinski definition) is 5. The van der Waals surface area contributed by atoms with Crippen LogP contribution in [0.25, 0.3) is 0 Å². The Morgan fingerprint density at radius 1 is 1.30 bits per heavy atom. The van der Waals surface area contributed by atoms with Crippen molar-refractivity contribution in [3.05, 3.63) is 64.1 Å². The lowest BCUT2D eigenvalue weighted by atomic mass is 9.94. The Bertz CT molecular complexity index is 837. The first-order valence-corrected chi connectivity index (χ1v) is 7.91. The van der Waals surface area contributed by atoms with Crippen molar-refractivity contribution in [1.82, 2.24) is 25.2 Å². The minimum absolute atomic E-state index is 0.0365. The average molecular weight is 375 g/mol. The first kappa shape index (κ1) is 14.3.